The Morgan fingerprint density at radius 3 is 3.00 bits per heavy atom. The van der Waals surface area contributed by atoms with Crippen molar-refractivity contribution >= 4 is 56.4 Å². The largest absolute Gasteiger partial charge is 0.204 e. The molecule has 11 heavy (non-hydrogen) atoms. The van der Waals surface area contributed by atoms with Crippen LogP contribution in [0.15, 0.2) is 24.4 Å². The maximum absolute atomic E-state index is 4.14. The molecule has 0 fully saturated rings. The molecule has 2 nitrogen and oxygen atoms in total. The van der Waals surface area contributed by atoms with Gasteiger partial charge in [0.05, 0.1) is 34.6 Å². The molecule has 0 N–H and O–H groups in total. The van der Waals surface area contributed by atoms with E-state index in [0.29, 0.717) is 0 Å². The first-order valence-corrected chi connectivity index (χ1v) is 5.11. The van der Waals surface area contributed by atoms with Crippen molar-refractivity contribution in [1.82, 2.24) is 7.99 Å². The minimum absolute atomic E-state index is 1.18. The number of rotatable bonds is 0. The molecule has 0 radical (unpaired) electrons. The third-order valence-electron chi connectivity index (χ3n) is 1.49. The molecule has 0 saturated carbocycles. The van der Waals surface area contributed by atoms with Gasteiger partial charge in [0, 0.05) is 8.96 Å². The third-order valence-corrected chi connectivity index (χ3v) is 2.93. The monoisotopic (exact) mass is 370 g/mol. The highest BCUT2D eigenvalue weighted by Gasteiger charge is 1.98. The summed E-state index contributed by atoms with van der Waals surface area (Å²) in [5, 5.41) is 5.33. The first-order valence-electron chi connectivity index (χ1n) is 3.07. The van der Waals surface area contributed by atoms with Gasteiger partial charge >= 0.3 is 0 Å². The molecule has 0 spiro atoms. The van der Waals surface area contributed by atoms with E-state index in [0.717, 1.165) is 0 Å². The lowest BCUT2D eigenvalue weighted by Gasteiger charge is -1.91. The molecular weight excluding hydrogens is 366 g/mol. The molecule has 0 bridgehead atoms. The fourth-order valence-electron chi connectivity index (χ4n) is 0.961. The summed E-state index contributed by atoms with van der Waals surface area (Å²) in [5.74, 6) is 0. The summed E-state index contributed by atoms with van der Waals surface area (Å²) in [6, 6.07) is 6.29. The first-order chi connectivity index (χ1) is 5.27. The summed E-state index contributed by atoms with van der Waals surface area (Å²) in [5.41, 5.74) is 1.18. The number of benzene rings is 1. The Labute approximate surface area is 91.6 Å². The first kappa shape index (κ1) is 7.78. The lowest BCUT2D eigenvalue weighted by molar-refractivity contribution is 1.08. The Kier molecular flexibility index (Phi) is 2.04. The summed E-state index contributed by atoms with van der Waals surface area (Å²) >= 11 is 4.47. The van der Waals surface area contributed by atoms with Crippen molar-refractivity contribution in [1.29, 1.82) is 0 Å². The second-order valence-electron chi connectivity index (χ2n) is 2.21. The highest BCUT2D eigenvalue weighted by molar-refractivity contribution is 14.1. The second-order valence-corrected chi connectivity index (χ2v) is 4.37. The van der Waals surface area contributed by atoms with Crippen LogP contribution in [0.4, 0.5) is 0 Å². The van der Waals surface area contributed by atoms with Crippen molar-refractivity contribution in [3.8, 4) is 0 Å². The van der Waals surface area contributed by atoms with Gasteiger partial charge in [-0.15, -0.1) is 0 Å². The van der Waals surface area contributed by atoms with Gasteiger partial charge < -0.3 is 0 Å². The van der Waals surface area contributed by atoms with Crippen LogP contribution in [0.1, 0.15) is 0 Å². The quantitative estimate of drug-likeness (QED) is 0.653. The Morgan fingerprint density at radius 2 is 2.18 bits per heavy atom. The van der Waals surface area contributed by atoms with Gasteiger partial charge in [-0.3, -0.25) is 0 Å². The molecule has 0 unspecified atom stereocenters. The molecule has 1 aromatic heterocycles. The van der Waals surface area contributed by atoms with Crippen molar-refractivity contribution in [3.05, 3.63) is 28.0 Å². The summed E-state index contributed by atoms with van der Waals surface area (Å²) in [6.07, 6.45) is 1.87. The number of hydrogen-bond donors (Lipinski definition) is 0. The van der Waals surface area contributed by atoms with E-state index in [4.69, 9.17) is 0 Å². The standard InChI is InChI=1S/C7H4I2N2/c8-6-2-1-5-4-10-11(9)7(5)3-6/h1-4H. The minimum atomic E-state index is 1.18. The SMILES string of the molecule is Ic1ccc2cnn(I)c2c1. The van der Waals surface area contributed by atoms with E-state index in [9.17, 15) is 0 Å². The number of fused-ring (bicyclic) bond motifs is 1. The predicted octanol–water partition coefficient (Wildman–Crippen LogP) is 2.84. The maximum Gasteiger partial charge on any atom is 0.0851 e. The highest BCUT2D eigenvalue weighted by Crippen LogP contribution is 2.18. The fourth-order valence-corrected chi connectivity index (χ4v) is 1.98. The molecule has 0 saturated heterocycles. The van der Waals surface area contributed by atoms with Crippen LogP contribution in [0.25, 0.3) is 10.9 Å². The van der Waals surface area contributed by atoms with Gasteiger partial charge in [-0.25, -0.2) is 2.90 Å². The van der Waals surface area contributed by atoms with E-state index in [-0.39, 0.29) is 0 Å². The summed E-state index contributed by atoms with van der Waals surface area (Å²) in [7, 11) is 0. The van der Waals surface area contributed by atoms with Crippen molar-refractivity contribution in [2.45, 2.75) is 0 Å². The molecular formula is C7H4I2N2. The van der Waals surface area contributed by atoms with Crippen molar-refractivity contribution in [2.24, 2.45) is 0 Å². The topological polar surface area (TPSA) is 17.8 Å². The maximum atomic E-state index is 4.14. The third kappa shape index (κ3) is 1.37. The second kappa shape index (κ2) is 2.89. The summed E-state index contributed by atoms with van der Waals surface area (Å²) in [4.78, 5) is 0. The number of nitrogens with zero attached hydrogens (tertiary/aromatic N) is 2. The molecule has 56 valence electrons. The van der Waals surface area contributed by atoms with Crippen LogP contribution in [0.2, 0.25) is 0 Å². The van der Waals surface area contributed by atoms with E-state index in [2.05, 4.69) is 68.8 Å². The Hall–Kier alpha value is 0.150. The van der Waals surface area contributed by atoms with Gasteiger partial charge in [0.15, 0.2) is 0 Å². The number of halogens is 2. The molecule has 0 atom stereocenters. The molecule has 4 heteroatoms. The normalized spacial score (nSPS) is 10.7. The molecule has 1 aromatic carbocycles. The van der Waals surface area contributed by atoms with Crippen molar-refractivity contribution in [2.75, 3.05) is 0 Å². The molecule has 0 aliphatic carbocycles. The molecule has 2 rings (SSSR count). The van der Waals surface area contributed by atoms with Crippen LogP contribution in [-0.2, 0) is 0 Å². The zero-order valence-corrected chi connectivity index (χ0v) is 9.77. The van der Waals surface area contributed by atoms with Crippen LogP contribution < -0.4 is 0 Å². The van der Waals surface area contributed by atoms with E-state index in [1.165, 1.54) is 14.5 Å². The predicted molar refractivity (Wildman–Crippen MR) is 61.9 cm³/mol. The zero-order chi connectivity index (χ0) is 7.84. The number of aromatic nitrogens is 2. The average Bonchev–Trinajstić information content (AvgIpc) is 2.33. The molecule has 2 aromatic rings. The van der Waals surface area contributed by atoms with Crippen LogP contribution in [-0.4, -0.2) is 7.99 Å². The van der Waals surface area contributed by atoms with Gasteiger partial charge in [0.2, 0.25) is 0 Å². The van der Waals surface area contributed by atoms with Crippen molar-refractivity contribution < 1.29 is 0 Å². The number of hydrogen-bond acceptors (Lipinski definition) is 1. The lowest BCUT2D eigenvalue weighted by atomic mass is 10.3. The summed E-state index contributed by atoms with van der Waals surface area (Å²) < 4.78 is 3.10. The van der Waals surface area contributed by atoms with E-state index < -0.39 is 0 Å². The van der Waals surface area contributed by atoms with E-state index >= 15 is 0 Å². The van der Waals surface area contributed by atoms with Crippen LogP contribution in [0.3, 0.4) is 0 Å². The average molecular weight is 370 g/mol. The van der Waals surface area contributed by atoms with E-state index in [1.54, 1.807) is 0 Å². The van der Waals surface area contributed by atoms with Gasteiger partial charge in [-0.05, 0) is 34.7 Å². The van der Waals surface area contributed by atoms with Gasteiger partial charge in [0.1, 0.15) is 0 Å². The molecule has 0 amide bonds. The summed E-state index contributed by atoms with van der Waals surface area (Å²) in [6.45, 7) is 0. The Balaban J connectivity index is 2.87. The van der Waals surface area contributed by atoms with Crippen LogP contribution in [0.5, 0.6) is 0 Å². The van der Waals surface area contributed by atoms with Crippen LogP contribution in [0, 0.1) is 3.57 Å². The van der Waals surface area contributed by atoms with Gasteiger partial charge in [0.25, 0.3) is 0 Å². The zero-order valence-electron chi connectivity index (χ0n) is 5.46. The Morgan fingerprint density at radius 1 is 1.36 bits per heavy atom. The van der Waals surface area contributed by atoms with Gasteiger partial charge in [-0.2, -0.15) is 5.10 Å². The molecule has 0 aliphatic heterocycles. The minimum Gasteiger partial charge on any atom is -0.204 e. The lowest BCUT2D eigenvalue weighted by Crippen LogP contribution is -1.79. The molecule has 0 aliphatic rings. The highest BCUT2D eigenvalue weighted by atomic mass is 127. The smallest absolute Gasteiger partial charge is 0.0851 e. The van der Waals surface area contributed by atoms with Crippen LogP contribution >= 0.6 is 45.5 Å². The van der Waals surface area contributed by atoms with Crippen molar-refractivity contribution in [3.63, 3.8) is 0 Å². The fraction of sp³-hybridized carbons (Fsp3) is 0. The van der Waals surface area contributed by atoms with Gasteiger partial charge in [-0.1, -0.05) is 6.07 Å². The Bertz CT molecular complexity index is 394. The van der Waals surface area contributed by atoms with E-state index in [1.807, 2.05) is 9.09 Å². The molecule has 1 heterocycles.